The highest BCUT2D eigenvalue weighted by Gasteiger charge is 2.38. The average molecular weight is 1410 g/mol. The number of carboxylic acids is 2. The van der Waals surface area contributed by atoms with Gasteiger partial charge in [0.15, 0.2) is 0 Å². The Kier molecular flexibility index (Phi) is 37.2. The van der Waals surface area contributed by atoms with E-state index in [-0.39, 0.29) is 37.4 Å². The van der Waals surface area contributed by atoms with Crippen LogP contribution in [0.25, 0.3) is 0 Å². The van der Waals surface area contributed by atoms with Crippen LogP contribution in [0.2, 0.25) is 0 Å². The second-order valence-corrected chi connectivity index (χ2v) is 25.1. The van der Waals surface area contributed by atoms with Gasteiger partial charge >= 0.3 is 11.9 Å². The first kappa shape index (κ1) is 83.5. The standard InChI is InChI=1S/C59H92N16O18S3/c1-28(2)18-36(70-58(91)46(29(3)4)74-53(86)38(65-44(78)22-60)20-33-23-62-27-63-33)51(84)72-42(26-95)57(90)67-34(14-15-45(79)80)49(82)68-37(19-32-12-10-9-11-13-32)52(85)71-40(24-76)55(88)73-41(25-94)56(89)64-31(7)48(81)66-35(16-17-96-8)50(83)69-39(21-43(61)77)54(87)75-47(30(5)6)59(92)93/h9-13,23,27-31,34-42,46-47,76,94-95H,14-22,24-26,60H2,1-8H3,(H2,61,77)(H,62,63)(H,64,89)(H,65,78)(H,66,81)(H,67,90)(H,68,82)(H,69,83)(H,70,91)(H,71,85)(H,72,84)(H,73,88)(H,74,86)(H,75,87)(H,79,80)(H,92,93)/t31-,34-,35-,36-,37-,38-,39-,40-,41-,42-,46-,47-/m0/s1. The molecule has 0 bridgehead atoms. The van der Waals surface area contributed by atoms with Crippen molar-refractivity contribution in [2.24, 2.45) is 29.2 Å². The van der Waals surface area contributed by atoms with E-state index in [0.29, 0.717) is 11.3 Å². The third-order valence-electron chi connectivity index (χ3n) is 14.3. The maximum absolute atomic E-state index is 14.3. The first-order chi connectivity index (χ1) is 45.2. The smallest absolute Gasteiger partial charge is 0.326 e. The van der Waals surface area contributed by atoms with Gasteiger partial charge < -0.3 is 95.6 Å². The van der Waals surface area contributed by atoms with Gasteiger partial charge in [0, 0.05) is 42.7 Å². The van der Waals surface area contributed by atoms with E-state index in [4.69, 9.17) is 11.5 Å². The summed E-state index contributed by atoms with van der Waals surface area (Å²) in [7, 11) is 0. The van der Waals surface area contributed by atoms with Crippen molar-refractivity contribution < 1.29 is 87.2 Å². The molecule has 1 aromatic heterocycles. The Morgan fingerprint density at radius 3 is 1.48 bits per heavy atom. The average Bonchev–Trinajstić information content (AvgIpc) is 1.66. The fraction of sp³-hybridized carbons (Fsp3) is 0.593. The number of imidazole rings is 1. The zero-order valence-electron chi connectivity index (χ0n) is 54.6. The van der Waals surface area contributed by atoms with Crippen LogP contribution in [-0.4, -0.2) is 223 Å². The van der Waals surface area contributed by atoms with Crippen molar-refractivity contribution in [1.29, 1.82) is 0 Å². The monoisotopic (exact) mass is 1410 g/mol. The number of aromatic nitrogens is 2. The Hall–Kier alpha value is -8.55. The summed E-state index contributed by atoms with van der Waals surface area (Å²) in [5.41, 5.74) is 11.7. The highest BCUT2D eigenvalue weighted by Crippen LogP contribution is 2.13. The van der Waals surface area contributed by atoms with Gasteiger partial charge in [0.25, 0.3) is 0 Å². The summed E-state index contributed by atoms with van der Waals surface area (Å²) in [5, 5.41) is 58.9. The molecule has 0 saturated carbocycles. The Bertz CT molecular complexity index is 2990. The van der Waals surface area contributed by atoms with Crippen molar-refractivity contribution >= 4 is 126 Å². The molecule has 0 unspecified atom stereocenters. The van der Waals surface area contributed by atoms with Crippen LogP contribution >= 0.6 is 37.0 Å². The van der Waals surface area contributed by atoms with E-state index < -0.39 is 217 Å². The number of nitrogens with two attached hydrogens (primary N) is 2. The topological polar surface area (TPSA) is 542 Å². The fourth-order valence-electron chi connectivity index (χ4n) is 9.00. The molecule has 20 N–H and O–H groups in total. The molecule has 37 heteroatoms. The second-order valence-electron chi connectivity index (χ2n) is 23.4. The number of rotatable bonds is 44. The summed E-state index contributed by atoms with van der Waals surface area (Å²) in [5.74, 6) is -17.3. The highest BCUT2D eigenvalue weighted by atomic mass is 32.2. The molecule has 0 radical (unpaired) electrons. The summed E-state index contributed by atoms with van der Waals surface area (Å²) >= 11 is 9.69. The van der Waals surface area contributed by atoms with Crippen LogP contribution in [0.5, 0.6) is 0 Å². The number of amides is 13. The van der Waals surface area contributed by atoms with E-state index in [1.807, 2.05) is 0 Å². The van der Waals surface area contributed by atoms with Crippen LogP contribution < -0.4 is 75.3 Å². The lowest BCUT2D eigenvalue weighted by Crippen LogP contribution is -2.62. The molecule has 534 valence electrons. The number of H-pyrrole nitrogens is 1. The number of aliphatic hydroxyl groups is 1. The van der Waals surface area contributed by atoms with Gasteiger partial charge in [0.1, 0.15) is 72.5 Å². The predicted octanol–water partition coefficient (Wildman–Crippen LogP) is -5.22. The van der Waals surface area contributed by atoms with E-state index in [1.54, 1.807) is 64.3 Å². The lowest BCUT2D eigenvalue weighted by atomic mass is 9.99. The summed E-state index contributed by atoms with van der Waals surface area (Å²) in [6, 6.07) is -9.96. The molecule has 0 saturated heterocycles. The second kappa shape index (κ2) is 42.8. The number of hydrogen-bond donors (Lipinski definition) is 20. The highest BCUT2D eigenvalue weighted by molar-refractivity contribution is 7.98. The number of thioether (sulfide) groups is 1. The van der Waals surface area contributed by atoms with Gasteiger partial charge in [0.2, 0.25) is 76.8 Å². The number of carbonyl (C=O) groups excluding carboxylic acids is 13. The van der Waals surface area contributed by atoms with Gasteiger partial charge in [-0.3, -0.25) is 67.1 Å². The first-order valence-corrected chi connectivity index (χ1v) is 33.3. The van der Waals surface area contributed by atoms with Crippen molar-refractivity contribution in [3.63, 3.8) is 0 Å². The summed E-state index contributed by atoms with van der Waals surface area (Å²) in [6.07, 6.45) is 2.11. The maximum atomic E-state index is 14.3. The van der Waals surface area contributed by atoms with Crippen molar-refractivity contribution in [3.8, 4) is 0 Å². The number of aromatic amines is 1. The largest absolute Gasteiger partial charge is 0.481 e. The Morgan fingerprint density at radius 2 is 0.979 bits per heavy atom. The summed E-state index contributed by atoms with van der Waals surface area (Å²) in [4.78, 5) is 206. The number of carboxylic acid groups (broad SMARTS) is 2. The van der Waals surface area contributed by atoms with E-state index >= 15 is 0 Å². The molecule has 2 aromatic rings. The van der Waals surface area contributed by atoms with Crippen molar-refractivity contribution in [3.05, 3.63) is 54.1 Å². The van der Waals surface area contributed by atoms with Crippen LogP contribution in [-0.2, 0) is 84.8 Å². The van der Waals surface area contributed by atoms with Gasteiger partial charge in [-0.2, -0.15) is 37.0 Å². The first-order valence-electron chi connectivity index (χ1n) is 30.6. The van der Waals surface area contributed by atoms with Crippen LogP contribution in [0.4, 0.5) is 0 Å². The summed E-state index contributed by atoms with van der Waals surface area (Å²) in [6.45, 7) is 9.47. The third kappa shape index (κ3) is 29.6. The SMILES string of the molecule is CSCC[C@H](NC(=O)[C@H](C)NC(=O)[C@H](CS)NC(=O)[C@H](CO)NC(=O)[C@H](Cc1ccccc1)NC(=O)[C@H](CCC(=O)O)NC(=O)[C@H](CS)NC(=O)[C@H](CC(C)C)NC(=O)[C@@H](NC(=O)[C@H](Cc1cnc[nH]1)NC(=O)CN)C(C)C)C(=O)N[C@@H](CC(N)=O)C(=O)N[C@H](C(=O)O)C(C)C. The Morgan fingerprint density at radius 1 is 0.531 bits per heavy atom. The molecule has 96 heavy (non-hydrogen) atoms. The Balaban J connectivity index is 2.33. The minimum absolute atomic E-state index is 0.00486. The zero-order valence-corrected chi connectivity index (χ0v) is 57.2. The van der Waals surface area contributed by atoms with E-state index in [0.717, 1.165) is 0 Å². The van der Waals surface area contributed by atoms with E-state index in [1.165, 1.54) is 45.1 Å². The number of carbonyl (C=O) groups is 15. The van der Waals surface area contributed by atoms with Crippen molar-refractivity contribution in [2.75, 3.05) is 36.7 Å². The molecule has 2 rings (SSSR count). The lowest BCUT2D eigenvalue weighted by molar-refractivity contribution is -0.143. The molecule has 0 aliphatic carbocycles. The number of hydrogen-bond acceptors (Lipinski definition) is 21. The van der Waals surface area contributed by atoms with Crippen LogP contribution in [0, 0.1) is 17.8 Å². The minimum Gasteiger partial charge on any atom is -0.481 e. The van der Waals surface area contributed by atoms with Gasteiger partial charge in [-0.15, -0.1) is 0 Å². The molecule has 0 aliphatic heterocycles. The molecular formula is C59H92N16O18S3. The molecule has 1 heterocycles. The lowest BCUT2D eigenvalue weighted by Gasteiger charge is -2.29. The van der Waals surface area contributed by atoms with Crippen molar-refractivity contribution in [2.45, 2.75) is 166 Å². The fourth-order valence-corrected chi connectivity index (χ4v) is 9.99. The Labute approximate surface area is 570 Å². The number of nitrogens with one attached hydrogen (secondary N) is 13. The van der Waals surface area contributed by atoms with Gasteiger partial charge in [-0.1, -0.05) is 71.9 Å². The molecular weight excluding hydrogens is 1320 g/mol. The van der Waals surface area contributed by atoms with Crippen LogP contribution in [0.15, 0.2) is 42.9 Å². The van der Waals surface area contributed by atoms with E-state index in [9.17, 15) is 87.2 Å². The van der Waals surface area contributed by atoms with Gasteiger partial charge in [-0.05, 0) is 61.5 Å². The number of primary amides is 1. The van der Waals surface area contributed by atoms with E-state index in [2.05, 4.69) is 99.0 Å². The normalized spacial score (nSPS) is 14.9. The number of thiol groups is 2. The quantitative estimate of drug-likeness (QED) is 0.0276. The third-order valence-corrected chi connectivity index (χ3v) is 15.7. The maximum Gasteiger partial charge on any atom is 0.326 e. The molecule has 1 aromatic carbocycles. The summed E-state index contributed by atoms with van der Waals surface area (Å²) < 4.78 is 0. The van der Waals surface area contributed by atoms with Gasteiger partial charge in [0.05, 0.1) is 25.9 Å². The molecule has 13 amide bonds. The predicted molar refractivity (Wildman–Crippen MR) is 356 cm³/mol. The molecule has 0 aliphatic rings. The van der Waals surface area contributed by atoms with Gasteiger partial charge in [-0.25, -0.2) is 9.78 Å². The van der Waals surface area contributed by atoms with Crippen molar-refractivity contribution in [1.82, 2.24) is 73.8 Å². The molecule has 0 spiro atoms. The minimum atomic E-state index is -1.84. The number of benzene rings is 1. The molecule has 0 fully saturated rings. The van der Waals surface area contributed by atoms with Crippen LogP contribution in [0.3, 0.4) is 0 Å². The number of aliphatic carboxylic acids is 2. The number of aliphatic hydroxyl groups excluding tert-OH is 1. The molecule has 34 nitrogen and oxygen atoms in total. The van der Waals surface area contributed by atoms with Crippen LogP contribution in [0.1, 0.15) is 91.8 Å². The molecule has 12 atom stereocenters. The number of nitrogens with zero attached hydrogens (tertiary/aromatic N) is 1. The zero-order chi connectivity index (χ0) is 72.5.